The number of anilines is 1. The fourth-order valence-electron chi connectivity index (χ4n) is 2.83. The molecule has 2 heterocycles. The van der Waals surface area contributed by atoms with Gasteiger partial charge in [0.05, 0.1) is 19.5 Å². The molecule has 1 aliphatic rings. The molecular weight excluding hydrogens is 330 g/mol. The molecule has 1 N–H and O–H groups in total. The number of likely N-dealkylation sites (N-methyl/N-ethyl adjacent to an activating group) is 1. The topological polar surface area (TPSA) is 70.6 Å². The number of aromatic nitrogens is 2. The molecule has 3 rings (SSSR count). The second-order valence-electron chi connectivity index (χ2n) is 6.41. The summed E-state index contributed by atoms with van der Waals surface area (Å²) in [7, 11) is 3.72. The molecule has 0 aliphatic carbocycles. The summed E-state index contributed by atoms with van der Waals surface area (Å²) in [5, 5.41) is 3.24. The zero-order valence-corrected chi connectivity index (χ0v) is 15.3. The van der Waals surface area contributed by atoms with Crippen LogP contribution in [0.5, 0.6) is 5.75 Å². The molecule has 0 bridgehead atoms. The monoisotopic (exact) mass is 355 g/mol. The highest BCUT2D eigenvalue weighted by atomic mass is 16.5. The van der Waals surface area contributed by atoms with Gasteiger partial charge in [0.1, 0.15) is 17.3 Å². The molecule has 0 saturated carbocycles. The van der Waals surface area contributed by atoms with Crippen molar-refractivity contribution < 1.29 is 9.53 Å². The number of nitrogens with one attached hydrogen (secondary N) is 1. The summed E-state index contributed by atoms with van der Waals surface area (Å²) in [4.78, 5) is 25.1. The van der Waals surface area contributed by atoms with E-state index in [4.69, 9.17) is 4.74 Å². The van der Waals surface area contributed by atoms with Crippen molar-refractivity contribution in [2.75, 3.05) is 52.2 Å². The van der Waals surface area contributed by atoms with E-state index in [9.17, 15) is 4.79 Å². The van der Waals surface area contributed by atoms with Gasteiger partial charge in [-0.25, -0.2) is 9.97 Å². The summed E-state index contributed by atoms with van der Waals surface area (Å²) in [5.41, 5.74) is 1.61. The highest BCUT2D eigenvalue weighted by Gasteiger charge is 2.21. The minimum Gasteiger partial charge on any atom is -0.497 e. The van der Waals surface area contributed by atoms with Gasteiger partial charge in [0.15, 0.2) is 0 Å². The van der Waals surface area contributed by atoms with Crippen LogP contribution in [0.25, 0.3) is 0 Å². The Bertz CT molecular complexity index is 710. The quantitative estimate of drug-likeness (QED) is 0.847. The first kappa shape index (κ1) is 18.1. The molecule has 1 aromatic carbocycles. The Morgan fingerprint density at radius 3 is 2.46 bits per heavy atom. The Morgan fingerprint density at radius 2 is 1.85 bits per heavy atom. The normalized spacial score (nSPS) is 14.9. The average molecular weight is 355 g/mol. The number of hydrogen-bond donors (Lipinski definition) is 1. The van der Waals surface area contributed by atoms with Gasteiger partial charge in [-0.3, -0.25) is 4.79 Å². The van der Waals surface area contributed by atoms with E-state index in [0.717, 1.165) is 44.9 Å². The minimum atomic E-state index is -0.0459. The zero-order chi connectivity index (χ0) is 18.4. The predicted octanol–water partition coefficient (Wildman–Crippen LogP) is 1.53. The summed E-state index contributed by atoms with van der Waals surface area (Å²) in [6.07, 6.45) is 4.04. The molecule has 1 amide bonds. The van der Waals surface area contributed by atoms with Crippen molar-refractivity contribution in [1.29, 1.82) is 0 Å². The van der Waals surface area contributed by atoms with Gasteiger partial charge in [-0.2, -0.15) is 0 Å². The van der Waals surface area contributed by atoms with Gasteiger partial charge in [0.2, 0.25) is 0 Å². The van der Waals surface area contributed by atoms with Gasteiger partial charge in [0, 0.05) is 32.7 Å². The van der Waals surface area contributed by atoms with Crippen LogP contribution < -0.4 is 10.1 Å². The third-order valence-corrected chi connectivity index (χ3v) is 4.54. The Hall–Kier alpha value is -2.67. The van der Waals surface area contributed by atoms with Crippen LogP contribution in [0.15, 0.2) is 36.7 Å². The highest BCUT2D eigenvalue weighted by Crippen LogP contribution is 2.12. The Labute approximate surface area is 154 Å². The number of carbonyl (C=O) groups is 1. The van der Waals surface area contributed by atoms with E-state index in [2.05, 4.69) is 27.2 Å². The molecular formula is C19H25N5O2. The average Bonchev–Trinajstić information content (AvgIpc) is 2.69. The lowest BCUT2D eigenvalue weighted by Crippen LogP contribution is -2.47. The number of nitrogens with zero attached hydrogens (tertiary/aromatic N) is 4. The number of piperazine rings is 1. The number of hydrogen-bond acceptors (Lipinski definition) is 6. The first-order valence-corrected chi connectivity index (χ1v) is 8.82. The van der Waals surface area contributed by atoms with E-state index >= 15 is 0 Å². The first-order valence-electron chi connectivity index (χ1n) is 8.82. The third-order valence-electron chi connectivity index (χ3n) is 4.54. The minimum absolute atomic E-state index is 0.0459. The van der Waals surface area contributed by atoms with E-state index < -0.39 is 0 Å². The lowest BCUT2D eigenvalue weighted by Gasteiger charge is -2.32. The molecule has 0 unspecified atom stereocenters. The second-order valence-corrected chi connectivity index (χ2v) is 6.41. The summed E-state index contributed by atoms with van der Waals surface area (Å²) in [6, 6.07) is 8.00. The molecule has 26 heavy (non-hydrogen) atoms. The SMILES string of the molecule is COc1ccc(CCNc2cnc(C(=O)N3CCN(C)CC3)cn2)cc1. The molecule has 1 saturated heterocycles. The van der Waals surface area contributed by atoms with Crippen LogP contribution in [0.3, 0.4) is 0 Å². The summed E-state index contributed by atoms with van der Waals surface area (Å²) in [5.74, 6) is 1.48. The van der Waals surface area contributed by atoms with Gasteiger partial charge in [-0.05, 0) is 31.2 Å². The zero-order valence-electron chi connectivity index (χ0n) is 15.3. The van der Waals surface area contributed by atoms with E-state index in [1.54, 1.807) is 19.5 Å². The van der Waals surface area contributed by atoms with Crippen molar-refractivity contribution in [3.05, 3.63) is 47.9 Å². The van der Waals surface area contributed by atoms with Gasteiger partial charge >= 0.3 is 0 Å². The molecule has 7 heteroatoms. The molecule has 2 aromatic rings. The maximum absolute atomic E-state index is 12.4. The molecule has 1 aliphatic heterocycles. The summed E-state index contributed by atoms with van der Waals surface area (Å²) < 4.78 is 5.16. The first-order chi connectivity index (χ1) is 12.7. The lowest BCUT2D eigenvalue weighted by molar-refractivity contribution is 0.0658. The van der Waals surface area contributed by atoms with Crippen molar-refractivity contribution in [3.63, 3.8) is 0 Å². The van der Waals surface area contributed by atoms with Crippen LogP contribution in [0.1, 0.15) is 16.1 Å². The molecule has 0 atom stereocenters. The third kappa shape index (κ3) is 4.70. The molecule has 1 aromatic heterocycles. The fourth-order valence-corrected chi connectivity index (χ4v) is 2.83. The smallest absolute Gasteiger partial charge is 0.274 e. The summed E-state index contributed by atoms with van der Waals surface area (Å²) >= 11 is 0. The van der Waals surface area contributed by atoms with Crippen molar-refractivity contribution >= 4 is 11.7 Å². The van der Waals surface area contributed by atoms with Gasteiger partial charge < -0.3 is 19.9 Å². The van der Waals surface area contributed by atoms with Crippen molar-refractivity contribution in [3.8, 4) is 5.75 Å². The number of rotatable bonds is 6. The highest BCUT2D eigenvalue weighted by molar-refractivity contribution is 5.92. The number of benzene rings is 1. The molecule has 0 radical (unpaired) electrons. The number of ether oxygens (including phenoxy) is 1. The van der Waals surface area contributed by atoms with Crippen molar-refractivity contribution in [1.82, 2.24) is 19.8 Å². The van der Waals surface area contributed by atoms with E-state index in [1.807, 2.05) is 29.2 Å². The van der Waals surface area contributed by atoms with Gasteiger partial charge in [-0.1, -0.05) is 12.1 Å². The van der Waals surface area contributed by atoms with Crippen molar-refractivity contribution in [2.24, 2.45) is 0 Å². The van der Waals surface area contributed by atoms with Crippen LogP contribution in [0.4, 0.5) is 5.82 Å². The van der Waals surface area contributed by atoms with Crippen molar-refractivity contribution in [2.45, 2.75) is 6.42 Å². The molecule has 7 nitrogen and oxygen atoms in total. The second kappa shape index (κ2) is 8.62. The van der Waals surface area contributed by atoms with E-state index in [0.29, 0.717) is 11.5 Å². The Morgan fingerprint density at radius 1 is 1.12 bits per heavy atom. The van der Waals surface area contributed by atoms with Crippen LogP contribution in [0.2, 0.25) is 0 Å². The standard InChI is InChI=1S/C19H25N5O2/c1-23-9-11-24(12-10-23)19(25)17-13-22-18(14-21-17)20-8-7-15-3-5-16(26-2)6-4-15/h3-6,13-14H,7-12H2,1-2H3,(H,20,22). The molecule has 1 fully saturated rings. The largest absolute Gasteiger partial charge is 0.497 e. The fraction of sp³-hybridized carbons (Fsp3) is 0.421. The predicted molar refractivity (Wildman–Crippen MR) is 101 cm³/mol. The number of carbonyl (C=O) groups excluding carboxylic acids is 1. The van der Waals surface area contributed by atoms with Crippen LogP contribution in [0, 0.1) is 0 Å². The van der Waals surface area contributed by atoms with E-state index in [1.165, 1.54) is 5.56 Å². The Balaban J connectivity index is 1.48. The molecule has 138 valence electrons. The summed E-state index contributed by atoms with van der Waals surface area (Å²) in [6.45, 7) is 4.00. The lowest BCUT2D eigenvalue weighted by atomic mass is 10.1. The van der Waals surface area contributed by atoms with Crippen LogP contribution in [-0.4, -0.2) is 72.6 Å². The van der Waals surface area contributed by atoms with Crippen LogP contribution >= 0.6 is 0 Å². The van der Waals surface area contributed by atoms with Gasteiger partial charge in [0.25, 0.3) is 5.91 Å². The maximum atomic E-state index is 12.4. The maximum Gasteiger partial charge on any atom is 0.274 e. The number of amides is 1. The number of methoxy groups -OCH3 is 1. The van der Waals surface area contributed by atoms with Crippen LogP contribution in [-0.2, 0) is 6.42 Å². The molecule has 0 spiro atoms. The van der Waals surface area contributed by atoms with E-state index in [-0.39, 0.29) is 5.91 Å². The Kier molecular flexibility index (Phi) is 6.01. The van der Waals surface area contributed by atoms with Gasteiger partial charge in [-0.15, -0.1) is 0 Å².